The van der Waals surface area contributed by atoms with Crippen molar-refractivity contribution in [1.29, 1.82) is 0 Å². The molecule has 2 aromatic rings. The predicted octanol–water partition coefficient (Wildman–Crippen LogP) is 3.95. The first-order chi connectivity index (χ1) is 11.4. The highest BCUT2D eigenvalue weighted by Gasteiger charge is 2.25. The van der Waals surface area contributed by atoms with Gasteiger partial charge in [0.25, 0.3) is 0 Å². The van der Waals surface area contributed by atoms with Crippen molar-refractivity contribution in [2.24, 2.45) is 5.10 Å². The largest absolute Gasteiger partial charge is 0.454 e. The van der Waals surface area contributed by atoms with Crippen molar-refractivity contribution >= 4 is 11.4 Å². The molecule has 0 fully saturated rings. The fourth-order valence-electron chi connectivity index (χ4n) is 2.03. The van der Waals surface area contributed by atoms with E-state index in [2.05, 4.69) is 5.10 Å². The lowest BCUT2D eigenvalue weighted by Crippen LogP contribution is -2.08. The topological polar surface area (TPSA) is 42.9 Å². The van der Waals surface area contributed by atoms with Crippen LogP contribution in [0.5, 0.6) is 11.5 Å². The maximum absolute atomic E-state index is 13.5. The summed E-state index contributed by atoms with van der Waals surface area (Å²) in [6.07, 6.45) is 0. The summed E-state index contributed by atoms with van der Waals surface area (Å²) in [5, 5.41) is 3.66. The predicted molar refractivity (Wildman–Crippen MR) is 74.6 cm³/mol. The second-order valence-electron chi connectivity index (χ2n) is 4.82. The number of halogens is 5. The number of hydrogen-bond donors (Lipinski definition) is 1. The molecule has 1 aliphatic rings. The fourth-order valence-corrected chi connectivity index (χ4v) is 2.03. The van der Waals surface area contributed by atoms with E-state index in [9.17, 15) is 22.0 Å². The average Bonchev–Trinajstić information content (AvgIpc) is 3.05. The first kappa shape index (κ1) is 16.0. The number of hydrogen-bond acceptors (Lipinski definition) is 4. The molecule has 126 valence electrons. The van der Waals surface area contributed by atoms with Crippen molar-refractivity contribution in [3.05, 3.63) is 52.8 Å². The number of nitrogens with one attached hydrogen (secondary N) is 1. The molecular weight excluding hydrogens is 335 g/mol. The zero-order valence-electron chi connectivity index (χ0n) is 12.1. The van der Waals surface area contributed by atoms with E-state index in [0.717, 1.165) is 0 Å². The molecule has 1 heterocycles. The van der Waals surface area contributed by atoms with Crippen LogP contribution in [-0.4, -0.2) is 12.5 Å². The third-order valence-corrected chi connectivity index (χ3v) is 3.34. The van der Waals surface area contributed by atoms with Gasteiger partial charge in [-0.15, -0.1) is 0 Å². The molecule has 2 aromatic carbocycles. The maximum Gasteiger partial charge on any atom is 0.231 e. The summed E-state index contributed by atoms with van der Waals surface area (Å²) in [5.74, 6) is -9.33. The Hall–Kier alpha value is -2.84. The van der Waals surface area contributed by atoms with Gasteiger partial charge in [0.1, 0.15) is 5.69 Å². The molecule has 0 unspecified atom stereocenters. The fraction of sp³-hybridized carbons (Fsp3) is 0.133. The van der Waals surface area contributed by atoms with Gasteiger partial charge in [0.15, 0.2) is 34.8 Å². The normalized spacial score (nSPS) is 13.3. The minimum Gasteiger partial charge on any atom is -0.454 e. The van der Waals surface area contributed by atoms with Gasteiger partial charge < -0.3 is 9.47 Å². The van der Waals surface area contributed by atoms with Crippen LogP contribution >= 0.6 is 0 Å². The number of anilines is 1. The molecule has 1 N–H and O–H groups in total. The number of fused-ring (bicyclic) bond motifs is 1. The monoisotopic (exact) mass is 344 g/mol. The summed E-state index contributed by atoms with van der Waals surface area (Å²) in [6.45, 7) is 1.55. The minimum atomic E-state index is -2.23. The van der Waals surface area contributed by atoms with Crippen molar-refractivity contribution in [1.82, 2.24) is 0 Å². The molecule has 0 atom stereocenters. The lowest BCUT2D eigenvalue weighted by atomic mass is 10.1. The van der Waals surface area contributed by atoms with Crippen LogP contribution in [0.15, 0.2) is 23.3 Å². The number of ether oxygens (including phenoxy) is 2. The van der Waals surface area contributed by atoms with Crippen LogP contribution in [-0.2, 0) is 0 Å². The molecule has 0 bridgehead atoms. The van der Waals surface area contributed by atoms with Gasteiger partial charge in [-0.05, 0) is 25.1 Å². The molecule has 24 heavy (non-hydrogen) atoms. The molecule has 0 radical (unpaired) electrons. The van der Waals surface area contributed by atoms with Crippen LogP contribution in [0.1, 0.15) is 12.5 Å². The second-order valence-corrected chi connectivity index (χ2v) is 4.82. The number of nitrogens with zero attached hydrogens (tertiary/aromatic N) is 1. The zero-order chi connectivity index (χ0) is 17.4. The molecule has 0 saturated heterocycles. The van der Waals surface area contributed by atoms with E-state index in [1.54, 1.807) is 18.2 Å². The van der Waals surface area contributed by atoms with Gasteiger partial charge in [0.2, 0.25) is 12.6 Å². The van der Waals surface area contributed by atoms with Crippen LogP contribution in [0.4, 0.5) is 27.6 Å². The van der Waals surface area contributed by atoms with E-state index in [4.69, 9.17) is 9.47 Å². The smallest absolute Gasteiger partial charge is 0.231 e. The van der Waals surface area contributed by atoms with Crippen molar-refractivity contribution < 1.29 is 31.4 Å². The Morgan fingerprint density at radius 3 is 2.17 bits per heavy atom. The quantitative estimate of drug-likeness (QED) is 0.301. The van der Waals surface area contributed by atoms with E-state index in [1.807, 2.05) is 5.43 Å². The zero-order valence-corrected chi connectivity index (χ0v) is 12.1. The minimum absolute atomic E-state index is 0.0672. The molecule has 3 rings (SSSR count). The number of hydrazone groups is 1. The Morgan fingerprint density at radius 1 is 0.917 bits per heavy atom. The van der Waals surface area contributed by atoms with Crippen molar-refractivity contribution in [2.75, 3.05) is 12.2 Å². The average molecular weight is 344 g/mol. The van der Waals surface area contributed by atoms with Crippen LogP contribution in [0.2, 0.25) is 0 Å². The Labute approximate surface area is 132 Å². The van der Waals surface area contributed by atoms with Gasteiger partial charge in [-0.25, -0.2) is 22.0 Å². The molecule has 0 spiro atoms. The standard InChI is InChI=1S/C15H9F5N2O2/c1-6(7-2-3-8-9(4-7)24-5-23-8)21-22-15-13(19)11(17)10(16)12(18)14(15)20/h2-4,22H,5H2,1H3/b21-6-. The van der Waals surface area contributed by atoms with E-state index in [1.165, 1.54) is 6.92 Å². The van der Waals surface area contributed by atoms with Gasteiger partial charge in [-0.2, -0.15) is 5.10 Å². The summed E-state index contributed by atoms with van der Waals surface area (Å²) in [7, 11) is 0. The Balaban J connectivity index is 1.91. The van der Waals surface area contributed by atoms with Crippen molar-refractivity contribution in [2.45, 2.75) is 6.92 Å². The summed E-state index contributed by atoms with van der Waals surface area (Å²) in [6, 6.07) is 4.78. The summed E-state index contributed by atoms with van der Waals surface area (Å²) < 4.78 is 76.6. The van der Waals surface area contributed by atoms with Crippen LogP contribution in [0.3, 0.4) is 0 Å². The van der Waals surface area contributed by atoms with Gasteiger partial charge in [0, 0.05) is 5.56 Å². The summed E-state index contributed by atoms with van der Waals surface area (Å²) >= 11 is 0. The van der Waals surface area contributed by atoms with Crippen LogP contribution in [0.25, 0.3) is 0 Å². The Morgan fingerprint density at radius 2 is 1.50 bits per heavy atom. The molecule has 0 aliphatic carbocycles. The molecule has 4 nitrogen and oxygen atoms in total. The number of rotatable bonds is 3. The Bertz CT molecular complexity index is 825. The summed E-state index contributed by atoms with van der Waals surface area (Å²) in [5.41, 5.74) is 1.39. The highest BCUT2D eigenvalue weighted by Crippen LogP contribution is 2.33. The molecule has 0 saturated carbocycles. The van der Waals surface area contributed by atoms with Crippen molar-refractivity contribution in [3.63, 3.8) is 0 Å². The van der Waals surface area contributed by atoms with E-state index in [0.29, 0.717) is 17.1 Å². The second kappa shape index (κ2) is 5.99. The number of benzene rings is 2. The maximum atomic E-state index is 13.5. The highest BCUT2D eigenvalue weighted by atomic mass is 19.2. The first-order valence-corrected chi connectivity index (χ1v) is 6.62. The first-order valence-electron chi connectivity index (χ1n) is 6.62. The van der Waals surface area contributed by atoms with Gasteiger partial charge in [-0.3, -0.25) is 5.43 Å². The SMILES string of the molecule is C/C(=N/Nc1c(F)c(F)c(F)c(F)c1F)c1ccc2c(c1)OCO2. The molecule has 9 heteroatoms. The van der Waals surface area contributed by atoms with Gasteiger partial charge in [0.05, 0.1) is 5.71 Å². The van der Waals surface area contributed by atoms with Crippen LogP contribution in [0, 0.1) is 29.1 Å². The molecule has 1 aliphatic heterocycles. The van der Waals surface area contributed by atoms with E-state index in [-0.39, 0.29) is 12.5 Å². The van der Waals surface area contributed by atoms with E-state index < -0.39 is 34.8 Å². The van der Waals surface area contributed by atoms with Crippen molar-refractivity contribution in [3.8, 4) is 11.5 Å². The lowest BCUT2D eigenvalue weighted by Gasteiger charge is -2.08. The van der Waals surface area contributed by atoms with Crippen LogP contribution < -0.4 is 14.9 Å². The molecule has 0 amide bonds. The molecular formula is C15H9F5N2O2. The highest BCUT2D eigenvalue weighted by molar-refractivity contribution is 5.99. The Kier molecular flexibility index (Phi) is 4.00. The van der Waals surface area contributed by atoms with Gasteiger partial charge >= 0.3 is 0 Å². The lowest BCUT2D eigenvalue weighted by molar-refractivity contribution is 0.174. The third kappa shape index (κ3) is 2.61. The summed E-state index contributed by atoms with van der Waals surface area (Å²) in [4.78, 5) is 0. The third-order valence-electron chi connectivity index (χ3n) is 3.34. The van der Waals surface area contributed by atoms with E-state index >= 15 is 0 Å². The van der Waals surface area contributed by atoms with Gasteiger partial charge in [-0.1, -0.05) is 0 Å². The molecule has 0 aromatic heterocycles.